The van der Waals surface area contributed by atoms with Gasteiger partial charge in [0.2, 0.25) is 0 Å². The SMILES string of the molecule is O=C(O)[C@@H]1CCCN1.[Ca+2].[Cl-].[Cl-]. The molecule has 1 aliphatic heterocycles. The molecule has 0 aliphatic carbocycles. The van der Waals surface area contributed by atoms with Crippen LogP contribution >= 0.6 is 0 Å². The van der Waals surface area contributed by atoms with Gasteiger partial charge in [0.1, 0.15) is 6.04 Å². The Balaban J connectivity index is -0.000000213. The van der Waals surface area contributed by atoms with Crippen molar-refractivity contribution >= 4 is 43.7 Å². The summed E-state index contributed by atoms with van der Waals surface area (Å²) in [6, 6.07) is -0.269. The van der Waals surface area contributed by atoms with Crippen molar-refractivity contribution in [2.75, 3.05) is 6.54 Å². The van der Waals surface area contributed by atoms with Gasteiger partial charge < -0.3 is 35.2 Å². The Kier molecular flexibility index (Phi) is 15.4. The molecule has 0 spiro atoms. The number of hydrogen-bond acceptors (Lipinski definition) is 2. The van der Waals surface area contributed by atoms with Gasteiger partial charge in [-0.25, -0.2) is 0 Å². The second kappa shape index (κ2) is 9.36. The number of halogens is 2. The molecule has 0 amide bonds. The summed E-state index contributed by atoms with van der Waals surface area (Å²) in [6.45, 7) is 0.858. The van der Waals surface area contributed by atoms with E-state index >= 15 is 0 Å². The first-order chi connectivity index (χ1) is 3.80. The van der Waals surface area contributed by atoms with Crippen molar-refractivity contribution in [1.82, 2.24) is 5.32 Å². The van der Waals surface area contributed by atoms with Gasteiger partial charge in [-0.1, -0.05) is 0 Å². The minimum Gasteiger partial charge on any atom is -1.00 e. The maximum atomic E-state index is 10.1. The Labute approximate surface area is 108 Å². The molecule has 0 aromatic heterocycles. The molecule has 0 unspecified atom stereocenters. The minimum absolute atomic E-state index is 0. The largest absolute Gasteiger partial charge is 2.00 e. The summed E-state index contributed by atoms with van der Waals surface area (Å²) in [5.41, 5.74) is 0. The summed E-state index contributed by atoms with van der Waals surface area (Å²) in [6.07, 6.45) is 1.78. The molecule has 3 nitrogen and oxygen atoms in total. The molecule has 1 aliphatic rings. The number of hydrogen-bond donors (Lipinski definition) is 2. The normalized spacial score (nSPS) is 20.5. The molecule has 6 heteroatoms. The Morgan fingerprint density at radius 1 is 1.45 bits per heavy atom. The van der Waals surface area contributed by atoms with Crippen LogP contribution in [0.5, 0.6) is 0 Å². The van der Waals surface area contributed by atoms with Crippen molar-refractivity contribution in [2.24, 2.45) is 0 Å². The molecule has 0 radical (unpaired) electrons. The summed E-state index contributed by atoms with van der Waals surface area (Å²) < 4.78 is 0. The van der Waals surface area contributed by atoms with Crippen LogP contribution in [0, 0.1) is 0 Å². The monoisotopic (exact) mass is 225 g/mol. The Morgan fingerprint density at radius 3 is 2.18 bits per heavy atom. The second-order valence-corrected chi connectivity index (χ2v) is 1.99. The van der Waals surface area contributed by atoms with Gasteiger partial charge in [0, 0.05) is 0 Å². The number of nitrogens with one attached hydrogen (secondary N) is 1. The van der Waals surface area contributed by atoms with Crippen LogP contribution in [0.4, 0.5) is 0 Å². The van der Waals surface area contributed by atoms with Crippen LogP contribution in [0.25, 0.3) is 0 Å². The first-order valence-corrected chi connectivity index (χ1v) is 2.77. The predicted molar refractivity (Wildman–Crippen MR) is 34.4 cm³/mol. The standard InChI is InChI=1S/C5H9NO2.Ca.2ClH/c7-5(8)4-2-1-3-6-4;;;/h4,6H,1-3H2,(H,7,8);;2*1H/q;+2;;/p-2/t4-;;;/m0.../s1. The van der Waals surface area contributed by atoms with Crippen molar-refractivity contribution in [3.63, 3.8) is 0 Å². The fraction of sp³-hybridized carbons (Fsp3) is 0.800. The molecule has 1 rings (SSSR count). The van der Waals surface area contributed by atoms with Crippen LogP contribution in [0.15, 0.2) is 0 Å². The van der Waals surface area contributed by atoms with E-state index in [1.807, 2.05) is 0 Å². The zero-order valence-corrected chi connectivity index (χ0v) is 9.74. The number of rotatable bonds is 1. The second-order valence-electron chi connectivity index (χ2n) is 1.99. The van der Waals surface area contributed by atoms with Crippen LogP contribution in [0.3, 0.4) is 0 Å². The molecule has 62 valence electrons. The molecule has 0 bridgehead atoms. The molecule has 1 fully saturated rings. The average molecular weight is 226 g/mol. The van der Waals surface area contributed by atoms with Gasteiger partial charge in [0.05, 0.1) is 0 Å². The Hall–Kier alpha value is 1.27. The molecular formula is C5H9CaCl2NO2. The third-order valence-electron chi connectivity index (χ3n) is 1.36. The summed E-state index contributed by atoms with van der Waals surface area (Å²) in [4.78, 5) is 10.1. The third-order valence-corrected chi connectivity index (χ3v) is 1.36. The van der Waals surface area contributed by atoms with Crippen molar-refractivity contribution < 1.29 is 34.7 Å². The summed E-state index contributed by atoms with van der Waals surface area (Å²) >= 11 is 0. The fourth-order valence-electron chi connectivity index (χ4n) is 0.895. The van der Waals surface area contributed by atoms with Crippen molar-refractivity contribution in [2.45, 2.75) is 18.9 Å². The van der Waals surface area contributed by atoms with Gasteiger partial charge in [0.25, 0.3) is 0 Å². The van der Waals surface area contributed by atoms with E-state index in [0.717, 1.165) is 19.4 Å². The summed E-state index contributed by atoms with van der Waals surface area (Å²) in [5, 5.41) is 11.2. The predicted octanol–water partition coefficient (Wildman–Crippen LogP) is -6.55. The quantitative estimate of drug-likeness (QED) is 0.437. The fourth-order valence-corrected chi connectivity index (χ4v) is 0.895. The first kappa shape index (κ1) is 18.1. The molecule has 1 saturated heterocycles. The van der Waals surface area contributed by atoms with Gasteiger partial charge >= 0.3 is 43.7 Å². The molecule has 1 atom stereocenters. The maximum absolute atomic E-state index is 10.1. The zero-order valence-electron chi connectivity index (χ0n) is 6.02. The first-order valence-electron chi connectivity index (χ1n) is 2.77. The van der Waals surface area contributed by atoms with E-state index in [9.17, 15) is 4.79 Å². The molecule has 11 heavy (non-hydrogen) atoms. The van der Waals surface area contributed by atoms with E-state index < -0.39 is 5.97 Å². The number of carboxylic acids is 1. The Morgan fingerprint density at radius 2 is 2.00 bits per heavy atom. The average Bonchev–Trinajstić information content (AvgIpc) is 2.12. The molecule has 0 aromatic rings. The molecule has 0 saturated carbocycles. The third kappa shape index (κ3) is 6.43. The van der Waals surface area contributed by atoms with E-state index in [4.69, 9.17) is 5.11 Å². The molecule has 0 aromatic carbocycles. The van der Waals surface area contributed by atoms with Gasteiger partial charge in [0.15, 0.2) is 0 Å². The van der Waals surface area contributed by atoms with E-state index in [2.05, 4.69) is 5.32 Å². The van der Waals surface area contributed by atoms with Gasteiger partial charge in [-0.05, 0) is 19.4 Å². The number of carbonyl (C=O) groups is 1. The minimum atomic E-state index is -0.720. The van der Waals surface area contributed by atoms with E-state index in [1.54, 1.807) is 0 Å². The van der Waals surface area contributed by atoms with Gasteiger partial charge in [-0.15, -0.1) is 0 Å². The van der Waals surface area contributed by atoms with Crippen molar-refractivity contribution in [3.8, 4) is 0 Å². The number of carboxylic acid groups (broad SMARTS) is 1. The van der Waals surface area contributed by atoms with Crippen molar-refractivity contribution in [1.29, 1.82) is 0 Å². The van der Waals surface area contributed by atoms with E-state index in [1.165, 1.54) is 0 Å². The van der Waals surface area contributed by atoms with Gasteiger partial charge in [-0.3, -0.25) is 4.79 Å². The zero-order chi connectivity index (χ0) is 5.98. The van der Waals surface area contributed by atoms with E-state index in [-0.39, 0.29) is 68.6 Å². The van der Waals surface area contributed by atoms with Crippen LogP contribution in [0.2, 0.25) is 0 Å². The smallest absolute Gasteiger partial charge is 1.00 e. The molecular weight excluding hydrogens is 217 g/mol. The van der Waals surface area contributed by atoms with E-state index in [0.29, 0.717) is 0 Å². The van der Waals surface area contributed by atoms with Crippen molar-refractivity contribution in [3.05, 3.63) is 0 Å². The molecule has 1 heterocycles. The van der Waals surface area contributed by atoms with Crippen LogP contribution < -0.4 is 30.1 Å². The summed E-state index contributed by atoms with van der Waals surface area (Å²) in [7, 11) is 0. The number of aliphatic carboxylic acids is 1. The van der Waals surface area contributed by atoms with Crippen LogP contribution in [0.1, 0.15) is 12.8 Å². The topological polar surface area (TPSA) is 49.3 Å². The summed E-state index contributed by atoms with van der Waals surface area (Å²) in [5.74, 6) is -0.720. The maximum Gasteiger partial charge on any atom is 2.00 e. The molecule has 2 N–H and O–H groups in total. The van der Waals surface area contributed by atoms with Gasteiger partial charge in [-0.2, -0.15) is 0 Å². The van der Waals surface area contributed by atoms with Crippen LogP contribution in [-0.4, -0.2) is 61.4 Å². The van der Waals surface area contributed by atoms with Crippen LogP contribution in [-0.2, 0) is 4.79 Å². The Bertz CT molecular complexity index is 109.